The van der Waals surface area contributed by atoms with Crippen LogP contribution in [0.2, 0.25) is 5.02 Å². The number of carbonyl (C=O) groups excluding carboxylic acids is 2. The van der Waals surface area contributed by atoms with Crippen molar-refractivity contribution in [3.63, 3.8) is 0 Å². The summed E-state index contributed by atoms with van der Waals surface area (Å²) in [6.45, 7) is 1.33. The highest BCUT2D eigenvalue weighted by Crippen LogP contribution is 2.25. The van der Waals surface area contributed by atoms with E-state index in [2.05, 4.69) is 41.7 Å². The van der Waals surface area contributed by atoms with Crippen LogP contribution in [0.25, 0.3) is 22.9 Å². The second kappa shape index (κ2) is 13.9. The summed E-state index contributed by atoms with van der Waals surface area (Å²) in [4.78, 5) is 25.4. The number of halogens is 1. The summed E-state index contributed by atoms with van der Waals surface area (Å²) in [7, 11) is 0. The number of benzene rings is 3. The molecule has 226 valence electrons. The predicted octanol–water partition coefficient (Wildman–Crippen LogP) is 4.41. The summed E-state index contributed by atoms with van der Waals surface area (Å²) in [5, 5.41) is 29.3. The quantitative estimate of drug-likeness (QED) is 0.193. The second-order valence-electron chi connectivity index (χ2n) is 10.3. The molecule has 0 radical (unpaired) electrons. The fourth-order valence-electron chi connectivity index (χ4n) is 4.71. The van der Waals surface area contributed by atoms with Gasteiger partial charge < -0.3 is 15.4 Å². The molecule has 3 heterocycles. The largest absolute Gasteiger partial charge is 0.443 e. The number of tetrazole rings is 1. The summed E-state index contributed by atoms with van der Waals surface area (Å²) in [6, 6.07) is 23.8. The maximum absolute atomic E-state index is 13.3. The molecule has 1 fully saturated rings. The van der Waals surface area contributed by atoms with Crippen LogP contribution in [0.5, 0.6) is 0 Å². The molecule has 13 heteroatoms. The van der Waals surface area contributed by atoms with Crippen molar-refractivity contribution in [2.45, 2.75) is 18.6 Å². The van der Waals surface area contributed by atoms with Gasteiger partial charge in [0.05, 0.1) is 23.6 Å². The Labute approximate surface area is 263 Å². The molecule has 3 N–H and O–H groups in total. The van der Waals surface area contributed by atoms with Gasteiger partial charge in [0.1, 0.15) is 12.4 Å². The van der Waals surface area contributed by atoms with E-state index < -0.39 is 12.1 Å². The molecule has 0 unspecified atom stereocenters. The lowest BCUT2D eigenvalue weighted by atomic mass is 10.00. The summed E-state index contributed by atoms with van der Waals surface area (Å²) < 4.78 is 6.81. The maximum Gasteiger partial charge on any atom is 0.411 e. The summed E-state index contributed by atoms with van der Waals surface area (Å²) in [6.07, 6.45) is 6.13. The second-order valence-corrected chi connectivity index (χ2v) is 10.7. The Hall–Kier alpha value is -5.46. The lowest BCUT2D eigenvalue weighted by Gasteiger charge is -2.26. The molecular weight excluding hydrogens is 594 g/mol. The van der Waals surface area contributed by atoms with Crippen molar-refractivity contribution in [2.24, 2.45) is 0 Å². The van der Waals surface area contributed by atoms with Gasteiger partial charge in [-0.2, -0.15) is 14.9 Å². The molecule has 5 aromatic rings. The number of nitrogens with zero attached hydrogens (tertiary/aromatic N) is 6. The molecule has 2 amide bonds. The van der Waals surface area contributed by atoms with E-state index in [1.54, 1.807) is 42.6 Å². The molecule has 3 aromatic carbocycles. The van der Waals surface area contributed by atoms with Crippen molar-refractivity contribution in [1.29, 1.82) is 0 Å². The van der Waals surface area contributed by atoms with Gasteiger partial charge in [0.25, 0.3) is 0 Å². The highest BCUT2D eigenvalue weighted by Gasteiger charge is 2.21. The molecule has 1 atom stereocenters. The average Bonchev–Trinajstić information content (AvgIpc) is 3.57. The van der Waals surface area contributed by atoms with E-state index in [4.69, 9.17) is 16.3 Å². The van der Waals surface area contributed by atoms with Gasteiger partial charge in [-0.25, -0.2) is 4.79 Å². The Morgan fingerprint density at radius 1 is 1.02 bits per heavy atom. The van der Waals surface area contributed by atoms with Gasteiger partial charge in [-0.15, -0.1) is 5.10 Å². The van der Waals surface area contributed by atoms with Crippen LogP contribution in [-0.2, 0) is 16.0 Å². The van der Waals surface area contributed by atoms with Gasteiger partial charge in [-0.05, 0) is 70.4 Å². The van der Waals surface area contributed by atoms with Gasteiger partial charge in [0, 0.05) is 41.0 Å². The lowest BCUT2D eigenvalue weighted by molar-refractivity contribution is -0.117. The summed E-state index contributed by atoms with van der Waals surface area (Å²) >= 11 is 6.23. The zero-order valence-electron chi connectivity index (χ0n) is 23.9. The van der Waals surface area contributed by atoms with E-state index in [9.17, 15) is 9.59 Å². The fraction of sp³-hybridized carbons (Fsp3) is 0.156. The zero-order chi connectivity index (χ0) is 31.0. The Morgan fingerprint density at radius 3 is 2.58 bits per heavy atom. The normalized spacial score (nSPS) is 13.6. The first kappa shape index (κ1) is 29.6. The topological polar surface area (TPSA) is 149 Å². The Balaban J connectivity index is 1.20. The third-order valence-electron chi connectivity index (χ3n) is 7.11. The number of nitrogens with one attached hydrogen (secondary N) is 3. The number of anilines is 1. The number of ether oxygens (including phenoxy) is 1. The Kier molecular flexibility index (Phi) is 9.14. The molecule has 1 saturated heterocycles. The molecule has 0 saturated carbocycles. The van der Waals surface area contributed by atoms with E-state index in [0.717, 1.165) is 16.7 Å². The van der Waals surface area contributed by atoms with Crippen LogP contribution in [0.15, 0.2) is 97.5 Å². The van der Waals surface area contributed by atoms with E-state index in [1.807, 2.05) is 48.5 Å². The van der Waals surface area contributed by atoms with E-state index in [0.29, 0.717) is 47.2 Å². The highest BCUT2D eigenvalue weighted by molar-refractivity contribution is 6.30. The van der Waals surface area contributed by atoms with Crippen molar-refractivity contribution in [2.75, 3.05) is 18.4 Å². The molecule has 2 aromatic heterocycles. The van der Waals surface area contributed by atoms with Crippen LogP contribution in [-0.4, -0.2) is 61.6 Å². The minimum Gasteiger partial charge on any atom is -0.443 e. The Morgan fingerprint density at radius 2 is 1.84 bits per heavy atom. The SMILES string of the molecule is O=C(C=Cc1cc(Cl)ccc1-n1cnnn1)N[C@@H](Cc1ccccc1)c1cc(-c2ccc(NC(=O)OC3CNC3)cc2)cnn1. The van der Waals surface area contributed by atoms with Crippen LogP contribution >= 0.6 is 11.6 Å². The van der Waals surface area contributed by atoms with Crippen LogP contribution in [0.3, 0.4) is 0 Å². The van der Waals surface area contributed by atoms with Gasteiger partial charge in [-0.3, -0.25) is 10.1 Å². The van der Waals surface area contributed by atoms with Crippen molar-refractivity contribution < 1.29 is 14.3 Å². The van der Waals surface area contributed by atoms with Crippen molar-refractivity contribution >= 4 is 35.4 Å². The first-order valence-electron chi connectivity index (χ1n) is 14.2. The average molecular weight is 622 g/mol. The lowest BCUT2D eigenvalue weighted by Crippen LogP contribution is -2.49. The van der Waals surface area contributed by atoms with Crippen LogP contribution < -0.4 is 16.0 Å². The summed E-state index contributed by atoms with van der Waals surface area (Å²) in [5.41, 5.74) is 5.24. The third-order valence-corrected chi connectivity index (χ3v) is 7.35. The van der Waals surface area contributed by atoms with Crippen molar-refractivity contribution in [1.82, 2.24) is 41.0 Å². The smallest absolute Gasteiger partial charge is 0.411 e. The van der Waals surface area contributed by atoms with Crippen LogP contribution in [0.4, 0.5) is 10.5 Å². The Bertz CT molecular complexity index is 1790. The molecule has 6 rings (SSSR count). The minimum atomic E-state index is -0.488. The van der Waals surface area contributed by atoms with Crippen molar-refractivity contribution in [3.05, 3.63) is 119 Å². The third kappa shape index (κ3) is 7.74. The highest BCUT2D eigenvalue weighted by atomic mass is 35.5. The molecular formula is C32H28ClN9O3. The maximum atomic E-state index is 13.3. The molecule has 0 aliphatic carbocycles. The van der Waals surface area contributed by atoms with Crippen LogP contribution in [0.1, 0.15) is 22.9 Å². The van der Waals surface area contributed by atoms with Gasteiger partial charge >= 0.3 is 6.09 Å². The van der Waals surface area contributed by atoms with E-state index in [1.165, 1.54) is 17.1 Å². The molecule has 1 aliphatic heterocycles. The minimum absolute atomic E-state index is 0.100. The van der Waals surface area contributed by atoms with E-state index >= 15 is 0 Å². The first-order chi connectivity index (χ1) is 22.0. The number of rotatable bonds is 10. The molecule has 0 spiro atoms. The zero-order valence-corrected chi connectivity index (χ0v) is 24.6. The van der Waals surface area contributed by atoms with Gasteiger partial charge in [0.15, 0.2) is 0 Å². The predicted molar refractivity (Wildman–Crippen MR) is 168 cm³/mol. The molecule has 1 aliphatic rings. The number of aromatic nitrogens is 6. The van der Waals surface area contributed by atoms with E-state index in [-0.39, 0.29) is 12.0 Å². The number of hydrogen-bond donors (Lipinski definition) is 3. The van der Waals surface area contributed by atoms with Crippen LogP contribution in [0, 0.1) is 0 Å². The molecule has 45 heavy (non-hydrogen) atoms. The van der Waals surface area contributed by atoms with Crippen molar-refractivity contribution in [3.8, 4) is 16.8 Å². The first-order valence-corrected chi connectivity index (χ1v) is 14.5. The van der Waals surface area contributed by atoms with Gasteiger partial charge in [0.2, 0.25) is 5.91 Å². The number of carbonyl (C=O) groups is 2. The summed E-state index contributed by atoms with van der Waals surface area (Å²) in [5.74, 6) is -0.328. The monoisotopic (exact) mass is 621 g/mol. The molecule has 0 bridgehead atoms. The fourth-order valence-corrected chi connectivity index (χ4v) is 4.89. The number of amides is 2. The van der Waals surface area contributed by atoms with Gasteiger partial charge in [-0.1, -0.05) is 54.1 Å². The standard InChI is InChI=1S/C32H28ClN9O3/c33-25-9-12-30(42-20-36-40-41-42)23(15-25)8-13-31(43)38-28(14-21-4-2-1-3-5-21)29-16-24(17-35-39-29)22-6-10-26(11-7-22)37-32(44)45-27-18-34-19-27/h1-13,15-17,20,27-28,34H,14,18-19H2,(H,37,44)(H,38,43)/t28-/m0/s1. The molecule has 12 nitrogen and oxygen atoms in total. The number of hydrogen-bond acceptors (Lipinski definition) is 9.